The highest BCUT2D eigenvalue weighted by Gasteiger charge is 2.20. The molecule has 1 atom stereocenters. The highest BCUT2D eigenvalue weighted by molar-refractivity contribution is 5.39. The van der Waals surface area contributed by atoms with E-state index >= 15 is 0 Å². The normalized spacial score (nSPS) is 20.6. The van der Waals surface area contributed by atoms with Gasteiger partial charge in [0.05, 0.1) is 7.11 Å². The average Bonchev–Trinajstić information content (AvgIpc) is 2.71. The predicted octanol–water partition coefficient (Wildman–Crippen LogP) is 2.22. The molecule has 3 heteroatoms. The largest absolute Gasteiger partial charge is 0.494 e. The van der Waals surface area contributed by atoms with Gasteiger partial charge in [0.2, 0.25) is 0 Å². The Labute approximate surface area is 89.4 Å². The van der Waals surface area contributed by atoms with E-state index in [4.69, 9.17) is 4.74 Å². The van der Waals surface area contributed by atoms with Crippen molar-refractivity contribution in [2.45, 2.75) is 19.3 Å². The Kier molecular flexibility index (Phi) is 2.91. The minimum atomic E-state index is -0.273. The minimum Gasteiger partial charge on any atom is -0.494 e. The number of rotatable bonds is 2. The number of halogens is 1. The zero-order valence-electron chi connectivity index (χ0n) is 9.14. The smallest absolute Gasteiger partial charge is 0.165 e. The van der Waals surface area contributed by atoms with Crippen LogP contribution in [0, 0.1) is 12.7 Å². The molecular weight excluding hydrogens is 193 g/mol. The van der Waals surface area contributed by atoms with Gasteiger partial charge in [0.25, 0.3) is 0 Å². The molecule has 1 saturated heterocycles. The lowest BCUT2D eigenvalue weighted by atomic mass is 9.94. The number of hydrogen-bond acceptors (Lipinski definition) is 2. The molecule has 82 valence electrons. The Hall–Kier alpha value is -1.09. The van der Waals surface area contributed by atoms with Gasteiger partial charge < -0.3 is 10.1 Å². The first-order valence-electron chi connectivity index (χ1n) is 5.27. The van der Waals surface area contributed by atoms with Crippen LogP contribution < -0.4 is 10.1 Å². The molecule has 1 aliphatic rings. The summed E-state index contributed by atoms with van der Waals surface area (Å²) >= 11 is 0. The molecule has 2 rings (SSSR count). The third-order valence-electron chi connectivity index (χ3n) is 3.04. The Morgan fingerprint density at radius 1 is 1.47 bits per heavy atom. The van der Waals surface area contributed by atoms with Crippen LogP contribution in [0.25, 0.3) is 0 Å². The second kappa shape index (κ2) is 4.19. The van der Waals surface area contributed by atoms with Gasteiger partial charge in [0, 0.05) is 6.54 Å². The average molecular weight is 209 g/mol. The number of nitrogens with one attached hydrogen (secondary N) is 1. The molecule has 1 heterocycles. The summed E-state index contributed by atoms with van der Waals surface area (Å²) in [5.74, 6) is 0.576. The van der Waals surface area contributed by atoms with Crippen molar-refractivity contribution in [1.82, 2.24) is 5.32 Å². The van der Waals surface area contributed by atoms with E-state index < -0.39 is 0 Å². The van der Waals surface area contributed by atoms with Crippen molar-refractivity contribution in [3.63, 3.8) is 0 Å². The van der Waals surface area contributed by atoms with E-state index in [0.717, 1.165) is 25.1 Å². The van der Waals surface area contributed by atoms with E-state index in [9.17, 15) is 4.39 Å². The Bertz CT molecular complexity index is 359. The molecule has 0 radical (unpaired) electrons. The summed E-state index contributed by atoms with van der Waals surface area (Å²) in [5, 5.41) is 3.32. The van der Waals surface area contributed by atoms with E-state index in [0.29, 0.717) is 11.7 Å². The van der Waals surface area contributed by atoms with Gasteiger partial charge in [-0.3, -0.25) is 0 Å². The Morgan fingerprint density at radius 3 is 2.87 bits per heavy atom. The molecule has 0 aromatic heterocycles. The lowest BCUT2D eigenvalue weighted by molar-refractivity contribution is 0.385. The molecule has 1 fully saturated rings. The van der Waals surface area contributed by atoms with Crippen molar-refractivity contribution in [2.75, 3.05) is 20.2 Å². The monoisotopic (exact) mass is 209 g/mol. The molecule has 1 aliphatic heterocycles. The maximum atomic E-state index is 13.4. The maximum Gasteiger partial charge on any atom is 0.165 e. The van der Waals surface area contributed by atoms with Gasteiger partial charge in [-0.05, 0) is 49.1 Å². The number of methoxy groups -OCH3 is 1. The molecule has 1 N–H and O–H groups in total. The van der Waals surface area contributed by atoms with E-state index in [2.05, 4.69) is 5.32 Å². The van der Waals surface area contributed by atoms with Crippen LogP contribution in [-0.2, 0) is 0 Å². The summed E-state index contributed by atoms with van der Waals surface area (Å²) in [6.07, 6.45) is 1.12. The lowest BCUT2D eigenvalue weighted by Crippen LogP contribution is -2.09. The van der Waals surface area contributed by atoms with Crippen molar-refractivity contribution < 1.29 is 9.13 Å². The van der Waals surface area contributed by atoms with Crippen LogP contribution in [-0.4, -0.2) is 20.2 Å². The molecule has 0 amide bonds. The highest BCUT2D eigenvalue weighted by Crippen LogP contribution is 2.30. The van der Waals surface area contributed by atoms with Crippen LogP contribution in [0.4, 0.5) is 4.39 Å². The molecule has 0 bridgehead atoms. The van der Waals surface area contributed by atoms with Gasteiger partial charge in [0.1, 0.15) is 0 Å². The van der Waals surface area contributed by atoms with Crippen molar-refractivity contribution in [2.24, 2.45) is 0 Å². The fraction of sp³-hybridized carbons (Fsp3) is 0.500. The third-order valence-corrected chi connectivity index (χ3v) is 3.04. The van der Waals surface area contributed by atoms with Gasteiger partial charge in [-0.2, -0.15) is 0 Å². The fourth-order valence-electron chi connectivity index (χ4n) is 2.18. The summed E-state index contributed by atoms with van der Waals surface area (Å²) in [7, 11) is 1.50. The summed E-state index contributed by atoms with van der Waals surface area (Å²) in [5.41, 5.74) is 2.22. The first-order chi connectivity index (χ1) is 7.22. The quantitative estimate of drug-likeness (QED) is 0.806. The standard InChI is InChI=1S/C12H16FNO/c1-8-5-11(13)12(15-2)6-10(8)9-3-4-14-7-9/h5-6,9,14H,3-4,7H2,1-2H3. The maximum absolute atomic E-state index is 13.4. The SMILES string of the molecule is COc1cc(C2CCNC2)c(C)cc1F. The summed E-state index contributed by atoms with van der Waals surface area (Å²) in [4.78, 5) is 0. The molecule has 2 nitrogen and oxygen atoms in total. The molecular formula is C12H16FNO. The first-order valence-corrected chi connectivity index (χ1v) is 5.27. The van der Waals surface area contributed by atoms with Crippen LogP contribution in [0.1, 0.15) is 23.5 Å². The van der Waals surface area contributed by atoms with Crippen LogP contribution in [0.15, 0.2) is 12.1 Å². The van der Waals surface area contributed by atoms with E-state index in [1.807, 2.05) is 13.0 Å². The van der Waals surface area contributed by atoms with Gasteiger partial charge in [-0.15, -0.1) is 0 Å². The molecule has 15 heavy (non-hydrogen) atoms. The Morgan fingerprint density at radius 2 is 2.27 bits per heavy atom. The number of hydrogen-bond donors (Lipinski definition) is 1. The topological polar surface area (TPSA) is 21.3 Å². The van der Waals surface area contributed by atoms with Gasteiger partial charge in [-0.25, -0.2) is 4.39 Å². The zero-order valence-corrected chi connectivity index (χ0v) is 9.14. The van der Waals surface area contributed by atoms with Crippen molar-refractivity contribution in [1.29, 1.82) is 0 Å². The van der Waals surface area contributed by atoms with Crippen LogP contribution in [0.2, 0.25) is 0 Å². The second-order valence-corrected chi connectivity index (χ2v) is 4.03. The van der Waals surface area contributed by atoms with E-state index in [1.54, 1.807) is 6.07 Å². The number of aryl methyl sites for hydroxylation is 1. The molecule has 1 aromatic rings. The predicted molar refractivity (Wildman–Crippen MR) is 57.9 cm³/mol. The minimum absolute atomic E-state index is 0.273. The van der Waals surface area contributed by atoms with Crippen molar-refractivity contribution >= 4 is 0 Å². The second-order valence-electron chi connectivity index (χ2n) is 4.03. The molecule has 0 aliphatic carbocycles. The van der Waals surface area contributed by atoms with Gasteiger partial charge in [0.15, 0.2) is 11.6 Å². The summed E-state index contributed by atoms with van der Waals surface area (Å²) < 4.78 is 18.4. The summed E-state index contributed by atoms with van der Waals surface area (Å²) in [6, 6.07) is 3.40. The highest BCUT2D eigenvalue weighted by atomic mass is 19.1. The number of benzene rings is 1. The molecule has 1 aromatic carbocycles. The lowest BCUT2D eigenvalue weighted by Gasteiger charge is -2.14. The zero-order chi connectivity index (χ0) is 10.8. The van der Waals surface area contributed by atoms with Crippen molar-refractivity contribution in [3.05, 3.63) is 29.1 Å². The summed E-state index contributed by atoms with van der Waals surface area (Å²) in [6.45, 7) is 3.98. The van der Waals surface area contributed by atoms with Crippen LogP contribution in [0.3, 0.4) is 0 Å². The molecule has 0 saturated carbocycles. The van der Waals surface area contributed by atoms with Crippen molar-refractivity contribution in [3.8, 4) is 5.75 Å². The van der Waals surface area contributed by atoms with Gasteiger partial charge >= 0.3 is 0 Å². The van der Waals surface area contributed by atoms with Crippen LogP contribution >= 0.6 is 0 Å². The van der Waals surface area contributed by atoms with E-state index in [1.165, 1.54) is 12.7 Å². The fourth-order valence-corrected chi connectivity index (χ4v) is 2.18. The third kappa shape index (κ3) is 1.97. The first kappa shape index (κ1) is 10.4. The number of ether oxygens (including phenoxy) is 1. The molecule has 0 spiro atoms. The Balaban J connectivity index is 2.37. The van der Waals surface area contributed by atoms with E-state index in [-0.39, 0.29) is 5.82 Å². The van der Waals surface area contributed by atoms with Crippen LogP contribution in [0.5, 0.6) is 5.75 Å². The van der Waals surface area contributed by atoms with Gasteiger partial charge in [-0.1, -0.05) is 0 Å². The molecule has 1 unspecified atom stereocenters.